The number of nitrogens with one attached hydrogen (secondary N) is 1. The maximum atomic E-state index is 15.3. The molecule has 0 aliphatic carbocycles. The first kappa shape index (κ1) is 26.1. The van der Waals surface area contributed by atoms with E-state index in [0.717, 1.165) is 42.8 Å². The van der Waals surface area contributed by atoms with Crippen molar-refractivity contribution in [3.8, 4) is 28.6 Å². The molecule has 1 amide bonds. The van der Waals surface area contributed by atoms with Gasteiger partial charge in [-0.25, -0.2) is 19.2 Å². The Kier molecular flexibility index (Phi) is 7.17. The van der Waals surface area contributed by atoms with Crippen LogP contribution in [-0.4, -0.2) is 63.7 Å². The lowest BCUT2D eigenvalue weighted by Crippen LogP contribution is -2.42. The standard InChI is InChI=1S/C29H30FN7O2/c1-18(33-29(38)39)23-9-8-21(14-24(23)30)27-26(20-6-4-19(15-31)5-7-20)34-28(25-16-32-17-37(25)27)36-12-10-22(11-13-36)35(2)3/h4-9,14,16-18,22,33H,10-13H2,1-3H3,(H,38,39). The lowest BCUT2D eigenvalue weighted by Gasteiger charge is -2.36. The summed E-state index contributed by atoms with van der Waals surface area (Å²) in [7, 11) is 4.21. The number of hydrogen-bond donors (Lipinski definition) is 2. The van der Waals surface area contributed by atoms with Crippen molar-refractivity contribution in [2.24, 2.45) is 0 Å². The van der Waals surface area contributed by atoms with E-state index in [0.29, 0.717) is 28.6 Å². The topological polar surface area (TPSA) is 110 Å². The second kappa shape index (κ2) is 10.7. The van der Waals surface area contributed by atoms with Crippen LogP contribution in [-0.2, 0) is 0 Å². The van der Waals surface area contributed by atoms with Crippen LogP contribution in [0.15, 0.2) is 55.0 Å². The zero-order valence-corrected chi connectivity index (χ0v) is 22.1. The van der Waals surface area contributed by atoms with E-state index in [1.54, 1.807) is 43.7 Å². The quantitative estimate of drug-likeness (QED) is 0.366. The number of piperidine rings is 1. The zero-order valence-electron chi connectivity index (χ0n) is 22.1. The first-order valence-corrected chi connectivity index (χ1v) is 12.8. The highest BCUT2D eigenvalue weighted by Gasteiger charge is 2.26. The number of halogens is 1. The molecule has 1 unspecified atom stereocenters. The van der Waals surface area contributed by atoms with Crippen LogP contribution in [0.4, 0.5) is 15.0 Å². The molecule has 2 aromatic heterocycles. The Bertz CT molecular complexity index is 1550. The molecule has 9 nitrogen and oxygen atoms in total. The van der Waals surface area contributed by atoms with E-state index in [1.165, 1.54) is 6.07 Å². The average molecular weight is 528 g/mol. The van der Waals surface area contributed by atoms with Gasteiger partial charge in [-0.2, -0.15) is 5.26 Å². The molecular formula is C29H30FN7O2. The van der Waals surface area contributed by atoms with Crippen LogP contribution in [0.3, 0.4) is 0 Å². The minimum Gasteiger partial charge on any atom is -0.465 e. The predicted octanol–water partition coefficient (Wildman–Crippen LogP) is 4.93. The number of rotatable bonds is 6. The number of nitrogens with zero attached hydrogens (tertiary/aromatic N) is 6. The van der Waals surface area contributed by atoms with Gasteiger partial charge in [0.05, 0.1) is 41.6 Å². The van der Waals surface area contributed by atoms with E-state index >= 15 is 4.39 Å². The fourth-order valence-electron chi connectivity index (χ4n) is 5.26. The number of nitriles is 1. The molecule has 39 heavy (non-hydrogen) atoms. The van der Waals surface area contributed by atoms with Gasteiger partial charge < -0.3 is 20.2 Å². The Morgan fingerprint density at radius 2 is 1.87 bits per heavy atom. The number of carboxylic acid groups (broad SMARTS) is 1. The van der Waals surface area contributed by atoms with Gasteiger partial charge in [0.15, 0.2) is 5.82 Å². The van der Waals surface area contributed by atoms with Gasteiger partial charge in [0.25, 0.3) is 0 Å². The Hall–Kier alpha value is -4.49. The number of aromatic nitrogens is 3. The zero-order chi connectivity index (χ0) is 27.7. The smallest absolute Gasteiger partial charge is 0.405 e. The molecule has 1 aliphatic rings. The summed E-state index contributed by atoms with van der Waals surface area (Å²) in [5.41, 5.74) is 4.25. The van der Waals surface area contributed by atoms with Crippen molar-refractivity contribution >= 4 is 17.4 Å². The summed E-state index contributed by atoms with van der Waals surface area (Å²) >= 11 is 0. The minimum absolute atomic E-state index is 0.247. The molecule has 1 aliphatic heterocycles. The summed E-state index contributed by atoms with van der Waals surface area (Å²) < 4.78 is 17.3. The second-order valence-electron chi connectivity index (χ2n) is 10.1. The Morgan fingerprint density at radius 3 is 2.49 bits per heavy atom. The van der Waals surface area contributed by atoms with Crippen molar-refractivity contribution < 1.29 is 14.3 Å². The normalized spacial score (nSPS) is 14.9. The summed E-state index contributed by atoms with van der Waals surface area (Å²) in [5.74, 6) is 0.284. The van der Waals surface area contributed by atoms with Crippen LogP contribution < -0.4 is 10.2 Å². The third kappa shape index (κ3) is 5.13. The summed E-state index contributed by atoms with van der Waals surface area (Å²) in [6, 6.07) is 13.9. The molecule has 0 radical (unpaired) electrons. The Balaban J connectivity index is 1.66. The lowest BCUT2D eigenvalue weighted by molar-refractivity contribution is 0.190. The van der Waals surface area contributed by atoms with E-state index < -0.39 is 18.0 Å². The molecule has 1 atom stereocenters. The van der Waals surface area contributed by atoms with Gasteiger partial charge in [0.1, 0.15) is 11.3 Å². The number of amides is 1. The van der Waals surface area contributed by atoms with Crippen molar-refractivity contribution in [2.75, 3.05) is 32.1 Å². The SMILES string of the molecule is CC(NC(=O)O)c1ccc(-c2c(-c3ccc(C#N)cc3)nc(N3CCC(N(C)C)CC3)c3cncn23)cc1F. The van der Waals surface area contributed by atoms with E-state index in [1.807, 2.05) is 16.5 Å². The van der Waals surface area contributed by atoms with Crippen molar-refractivity contribution in [1.29, 1.82) is 5.26 Å². The molecule has 3 heterocycles. The van der Waals surface area contributed by atoms with E-state index in [9.17, 15) is 10.1 Å². The third-order valence-electron chi connectivity index (χ3n) is 7.41. The summed E-state index contributed by atoms with van der Waals surface area (Å²) in [5, 5.41) is 20.7. The number of fused-ring (bicyclic) bond motifs is 1. The molecule has 1 fully saturated rings. The molecular weight excluding hydrogens is 497 g/mol. The van der Waals surface area contributed by atoms with Gasteiger partial charge in [0.2, 0.25) is 0 Å². The minimum atomic E-state index is -1.22. The number of hydrogen-bond acceptors (Lipinski definition) is 6. The fourth-order valence-corrected chi connectivity index (χ4v) is 5.26. The molecule has 1 saturated heterocycles. The number of imidazole rings is 1. The van der Waals surface area contributed by atoms with Gasteiger partial charge in [-0.05, 0) is 52.1 Å². The maximum absolute atomic E-state index is 15.3. The van der Waals surface area contributed by atoms with Crippen molar-refractivity contribution in [3.63, 3.8) is 0 Å². The highest BCUT2D eigenvalue weighted by Crippen LogP contribution is 2.37. The first-order chi connectivity index (χ1) is 18.8. The monoisotopic (exact) mass is 527 g/mol. The van der Waals surface area contributed by atoms with Crippen molar-refractivity contribution in [1.82, 2.24) is 24.6 Å². The van der Waals surface area contributed by atoms with Gasteiger partial charge >= 0.3 is 6.09 Å². The molecule has 0 spiro atoms. The van der Waals surface area contributed by atoms with E-state index in [-0.39, 0.29) is 5.56 Å². The summed E-state index contributed by atoms with van der Waals surface area (Å²) in [4.78, 5) is 25.2. The van der Waals surface area contributed by atoms with Crippen LogP contribution >= 0.6 is 0 Å². The second-order valence-corrected chi connectivity index (χ2v) is 10.1. The molecule has 5 rings (SSSR count). The van der Waals surface area contributed by atoms with Crippen LogP contribution in [0.2, 0.25) is 0 Å². The van der Waals surface area contributed by atoms with Crippen LogP contribution in [0.1, 0.15) is 36.9 Å². The Labute approximate surface area is 226 Å². The van der Waals surface area contributed by atoms with Gasteiger partial charge in [-0.15, -0.1) is 0 Å². The summed E-state index contributed by atoms with van der Waals surface area (Å²) in [6.07, 6.45) is 4.28. The van der Waals surface area contributed by atoms with Crippen molar-refractivity contribution in [2.45, 2.75) is 31.8 Å². The molecule has 0 saturated carbocycles. The van der Waals surface area contributed by atoms with Crippen LogP contribution in [0.25, 0.3) is 28.0 Å². The van der Waals surface area contributed by atoms with Gasteiger partial charge in [0, 0.05) is 35.8 Å². The summed E-state index contributed by atoms with van der Waals surface area (Å²) in [6.45, 7) is 3.29. The molecule has 2 aromatic carbocycles. The molecule has 2 N–H and O–H groups in total. The number of carbonyl (C=O) groups is 1. The fraction of sp³-hybridized carbons (Fsp3) is 0.310. The first-order valence-electron chi connectivity index (χ1n) is 12.8. The van der Waals surface area contributed by atoms with Crippen molar-refractivity contribution in [3.05, 3.63) is 71.9 Å². The van der Waals surface area contributed by atoms with Crippen LogP contribution in [0.5, 0.6) is 0 Å². The number of benzene rings is 2. The molecule has 10 heteroatoms. The molecule has 200 valence electrons. The molecule has 0 bridgehead atoms. The predicted molar refractivity (Wildman–Crippen MR) is 147 cm³/mol. The largest absolute Gasteiger partial charge is 0.465 e. The van der Waals surface area contributed by atoms with Crippen LogP contribution in [0, 0.1) is 17.1 Å². The lowest BCUT2D eigenvalue weighted by atomic mass is 9.99. The highest BCUT2D eigenvalue weighted by molar-refractivity contribution is 5.85. The number of anilines is 1. The third-order valence-corrected chi connectivity index (χ3v) is 7.41. The highest BCUT2D eigenvalue weighted by atomic mass is 19.1. The van der Waals surface area contributed by atoms with Gasteiger partial charge in [-0.1, -0.05) is 24.3 Å². The Morgan fingerprint density at radius 1 is 1.18 bits per heavy atom. The van der Waals surface area contributed by atoms with Gasteiger partial charge in [-0.3, -0.25) is 4.40 Å². The maximum Gasteiger partial charge on any atom is 0.405 e. The van der Waals surface area contributed by atoms with E-state index in [4.69, 9.17) is 10.1 Å². The van der Waals surface area contributed by atoms with E-state index in [2.05, 4.69) is 40.3 Å². The average Bonchev–Trinajstić information content (AvgIpc) is 3.41. The molecule has 4 aromatic rings.